The number of rotatable bonds is 6. The van der Waals surface area contributed by atoms with Gasteiger partial charge in [0, 0.05) is 25.8 Å². The molecule has 6 nitrogen and oxygen atoms in total. The van der Waals surface area contributed by atoms with E-state index in [1.807, 2.05) is 78.9 Å². The minimum atomic E-state index is -3.67. The maximum absolute atomic E-state index is 13.9. The lowest BCUT2D eigenvalue weighted by Crippen LogP contribution is -2.36. The molecule has 1 aliphatic heterocycles. The van der Waals surface area contributed by atoms with Crippen LogP contribution < -0.4 is 4.90 Å². The highest BCUT2D eigenvalue weighted by Gasteiger charge is 2.33. The van der Waals surface area contributed by atoms with Gasteiger partial charge in [0.05, 0.1) is 24.3 Å². The van der Waals surface area contributed by atoms with E-state index < -0.39 is 10.0 Å². The highest BCUT2D eigenvalue weighted by atomic mass is 32.2. The summed E-state index contributed by atoms with van der Waals surface area (Å²) >= 11 is 0. The minimum absolute atomic E-state index is 0.355. The summed E-state index contributed by atoms with van der Waals surface area (Å²) in [4.78, 5) is 9.73. The molecule has 0 saturated carbocycles. The Balaban J connectivity index is 1.53. The van der Waals surface area contributed by atoms with Crippen LogP contribution in [-0.2, 0) is 23.0 Å². The molecule has 3 aromatic carbocycles. The monoisotopic (exact) mass is 458 g/mol. The summed E-state index contributed by atoms with van der Waals surface area (Å²) in [6.45, 7) is 2.04. The Hall–Kier alpha value is -3.42. The number of hydrogen-bond acceptors (Lipinski definition) is 4. The fourth-order valence-corrected chi connectivity index (χ4v) is 5.94. The van der Waals surface area contributed by atoms with Gasteiger partial charge in [-0.2, -0.15) is 4.31 Å². The van der Waals surface area contributed by atoms with Gasteiger partial charge >= 0.3 is 0 Å². The number of anilines is 1. The molecule has 0 atom stereocenters. The van der Waals surface area contributed by atoms with Crippen molar-refractivity contribution >= 4 is 15.7 Å². The van der Waals surface area contributed by atoms with Crippen molar-refractivity contribution in [3.05, 3.63) is 103 Å². The topological polar surface area (TPSA) is 69.3 Å². The van der Waals surface area contributed by atoms with Crippen molar-refractivity contribution in [2.75, 3.05) is 24.5 Å². The number of aromatic nitrogens is 2. The van der Waals surface area contributed by atoms with Gasteiger partial charge in [-0.3, -0.25) is 0 Å². The number of fused-ring (bicyclic) bond motifs is 1. The van der Waals surface area contributed by atoms with Crippen molar-refractivity contribution in [3.8, 4) is 11.1 Å². The largest absolute Gasteiger partial charge is 0.363 e. The molecule has 168 valence electrons. The van der Waals surface area contributed by atoms with E-state index in [0.29, 0.717) is 37.5 Å². The Labute approximate surface area is 194 Å². The molecule has 0 spiro atoms. The predicted molar refractivity (Wildman–Crippen MR) is 130 cm³/mol. The first-order valence-electron chi connectivity index (χ1n) is 11.1. The van der Waals surface area contributed by atoms with Gasteiger partial charge in [0.1, 0.15) is 4.90 Å². The number of benzene rings is 3. The number of imidazole rings is 1. The smallest absolute Gasteiger partial charge is 0.245 e. The number of sulfonamides is 1. The lowest BCUT2D eigenvalue weighted by atomic mass is 10.1. The van der Waals surface area contributed by atoms with E-state index in [4.69, 9.17) is 0 Å². The average Bonchev–Trinajstić information content (AvgIpc) is 3.34. The summed E-state index contributed by atoms with van der Waals surface area (Å²) in [6, 6.07) is 25.7. The Morgan fingerprint density at radius 1 is 0.879 bits per heavy atom. The molecule has 0 unspecified atom stereocenters. The first-order valence-corrected chi connectivity index (χ1v) is 12.5. The van der Waals surface area contributed by atoms with Gasteiger partial charge in [0.15, 0.2) is 0 Å². The second-order valence-corrected chi connectivity index (χ2v) is 10.1. The number of aromatic amines is 1. The van der Waals surface area contributed by atoms with Gasteiger partial charge in [-0.25, -0.2) is 13.4 Å². The molecule has 7 heteroatoms. The summed E-state index contributed by atoms with van der Waals surface area (Å²) < 4.78 is 29.3. The fraction of sp³-hybridized carbons (Fsp3) is 0.192. The summed E-state index contributed by atoms with van der Waals surface area (Å²) in [5.74, 6) is 0. The second kappa shape index (κ2) is 9.21. The van der Waals surface area contributed by atoms with Crippen molar-refractivity contribution in [2.24, 2.45) is 0 Å². The van der Waals surface area contributed by atoms with E-state index in [-0.39, 0.29) is 0 Å². The molecule has 0 aliphatic carbocycles. The van der Waals surface area contributed by atoms with Crippen molar-refractivity contribution in [2.45, 2.75) is 17.9 Å². The normalized spacial score (nSPS) is 15.7. The maximum atomic E-state index is 13.9. The van der Waals surface area contributed by atoms with Crippen LogP contribution in [0.2, 0.25) is 0 Å². The molecule has 1 aliphatic rings. The first-order chi connectivity index (χ1) is 16.1. The van der Waals surface area contributed by atoms with Crippen LogP contribution in [0.4, 0.5) is 5.69 Å². The molecular formula is C26H26N4O2S. The lowest BCUT2D eigenvalue weighted by molar-refractivity contribution is 0.422. The van der Waals surface area contributed by atoms with E-state index in [9.17, 15) is 8.42 Å². The molecule has 4 aromatic rings. The number of hydrogen-bond donors (Lipinski definition) is 1. The highest BCUT2D eigenvalue weighted by Crippen LogP contribution is 2.35. The van der Waals surface area contributed by atoms with Crippen molar-refractivity contribution in [1.29, 1.82) is 0 Å². The van der Waals surface area contributed by atoms with Crippen LogP contribution in [0.25, 0.3) is 11.1 Å². The zero-order chi connectivity index (χ0) is 22.7. The molecule has 0 fully saturated rings. The van der Waals surface area contributed by atoms with Crippen LogP contribution in [0.15, 0.2) is 96.3 Å². The van der Waals surface area contributed by atoms with Gasteiger partial charge in [-0.1, -0.05) is 66.7 Å². The van der Waals surface area contributed by atoms with Crippen LogP contribution in [0.3, 0.4) is 0 Å². The van der Waals surface area contributed by atoms with E-state index in [1.54, 1.807) is 16.8 Å². The third-order valence-corrected chi connectivity index (χ3v) is 7.98. The zero-order valence-corrected chi connectivity index (χ0v) is 19.1. The molecular weight excluding hydrogens is 432 g/mol. The SMILES string of the molecule is O=S1(=O)c2cc(-c3ccccc3)ccc2N(Cc2cnc[nH]2)CCN1CCc1ccccc1. The molecule has 0 radical (unpaired) electrons. The summed E-state index contributed by atoms with van der Waals surface area (Å²) in [5, 5.41) is 0. The second-order valence-electron chi connectivity index (χ2n) is 8.19. The van der Waals surface area contributed by atoms with Gasteiger partial charge in [0.25, 0.3) is 0 Å². The molecule has 1 aromatic heterocycles. The standard InChI is InChI=1S/C26H26N4O2S/c31-33(32)26-17-23(22-9-5-2-6-10-22)11-12-25(26)29(19-24-18-27-20-28-24)15-16-30(33)14-13-21-7-3-1-4-8-21/h1-12,17-18,20H,13-16,19H2,(H,27,28). The van der Waals surface area contributed by atoms with Crippen molar-refractivity contribution in [1.82, 2.24) is 14.3 Å². The van der Waals surface area contributed by atoms with E-state index >= 15 is 0 Å². The maximum Gasteiger partial charge on any atom is 0.245 e. The molecule has 33 heavy (non-hydrogen) atoms. The van der Waals surface area contributed by atoms with Gasteiger partial charge < -0.3 is 9.88 Å². The van der Waals surface area contributed by atoms with Crippen LogP contribution in [0.5, 0.6) is 0 Å². The Morgan fingerprint density at radius 2 is 1.64 bits per heavy atom. The molecule has 5 rings (SSSR count). The zero-order valence-electron chi connectivity index (χ0n) is 18.3. The van der Waals surface area contributed by atoms with E-state index in [1.165, 1.54) is 0 Å². The number of nitrogens with zero attached hydrogens (tertiary/aromatic N) is 3. The van der Waals surface area contributed by atoms with Gasteiger partial charge in [-0.05, 0) is 35.2 Å². The Bertz CT molecular complexity index is 1310. The lowest BCUT2D eigenvalue weighted by Gasteiger charge is -2.23. The fourth-order valence-electron chi connectivity index (χ4n) is 4.28. The number of H-pyrrole nitrogens is 1. The number of nitrogens with one attached hydrogen (secondary N) is 1. The third kappa shape index (κ3) is 4.55. The molecule has 1 N–H and O–H groups in total. The van der Waals surface area contributed by atoms with Crippen LogP contribution in [0.1, 0.15) is 11.3 Å². The van der Waals surface area contributed by atoms with Crippen LogP contribution >= 0.6 is 0 Å². The van der Waals surface area contributed by atoms with E-state index in [0.717, 1.165) is 28.1 Å². The summed E-state index contributed by atoms with van der Waals surface area (Å²) in [6.07, 6.45) is 4.11. The molecule has 2 heterocycles. The molecule has 0 saturated heterocycles. The third-order valence-electron chi connectivity index (χ3n) is 6.05. The Morgan fingerprint density at radius 3 is 2.36 bits per heavy atom. The average molecular weight is 459 g/mol. The quantitative estimate of drug-likeness (QED) is 0.467. The summed E-state index contributed by atoms with van der Waals surface area (Å²) in [5.41, 5.74) is 4.69. The first kappa shape index (κ1) is 21.4. The van der Waals surface area contributed by atoms with Gasteiger partial charge in [0.2, 0.25) is 10.0 Å². The molecule has 0 bridgehead atoms. The van der Waals surface area contributed by atoms with Crippen molar-refractivity contribution < 1.29 is 8.42 Å². The van der Waals surface area contributed by atoms with Gasteiger partial charge in [-0.15, -0.1) is 0 Å². The van der Waals surface area contributed by atoms with E-state index in [2.05, 4.69) is 14.9 Å². The predicted octanol–water partition coefficient (Wildman–Crippen LogP) is 4.33. The highest BCUT2D eigenvalue weighted by molar-refractivity contribution is 7.89. The summed E-state index contributed by atoms with van der Waals surface area (Å²) in [7, 11) is -3.67. The van der Waals surface area contributed by atoms with Crippen LogP contribution in [-0.4, -0.2) is 42.3 Å². The molecule has 0 amide bonds. The van der Waals surface area contributed by atoms with Crippen molar-refractivity contribution in [3.63, 3.8) is 0 Å². The Kier molecular flexibility index (Phi) is 5.98. The van der Waals surface area contributed by atoms with Crippen LogP contribution in [0, 0.1) is 0 Å². The minimum Gasteiger partial charge on any atom is -0.363 e.